The molecule has 3 rings (SSSR count). The molecule has 5 heteroatoms. The van der Waals surface area contributed by atoms with Crippen molar-refractivity contribution >= 4 is 17.5 Å². The third-order valence-corrected chi connectivity index (χ3v) is 4.94. The van der Waals surface area contributed by atoms with Gasteiger partial charge >= 0.3 is 0 Å². The first kappa shape index (κ1) is 22.2. The lowest BCUT2D eigenvalue weighted by Gasteiger charge is -2.23. The van der Waals surface area contributed by atoms with Crippen molar-refractivity contribution in [2.24, 2.45) is 0 Å². The van der Waals surface area contributed by atoms with Crippen LogP contribution in [0.15, 0.2) is 84.9 Å². The molecule has 0 atom stereocenters. The molecule has 1 N–H and O–H groups in total. The smallest absolute Gasteiger partial charge is 0.258 e. The lowest BCUT2D eigenvalue weighted by atomic mass is 10.1. The molecular weight excluding hydrogens is 386 g/mol. The van der Waals surface area contributed by atoms with Gasteiger partial charge in [-0.2, -0.15) is 0 Å². The molecule has 0 unspecified atom stereocenters. The molecule has 0 radical (unpaired) electrons. The van der Waals surface area contributed by atoms with Crippen LogP contribution in [-0.4, -0.2) is 43.9 Å². The van der Waals surface area contributed by atoms with Gasteiger partial charge in [-0.1, -0.05) is 60.7 Å². The number of anilines is 1. The largest absolute Gasteiger partial charge is 0.355 e. The molecule has 31 heavy (non-hydrogen) atoms. The van der Waals surface area contributed by atoms with E-state index in [1.807, 2.05) is 104 Å². The Morgan fingerprint density at radius 3 is 2.00 bits per heavy atom. The molecule has 3 aromatic rings. The van der Waals surface area contributed by atoms with Crippen LogP contribution in [0.1, 0.15) is 21.5 Å². The minimum Gasteiger partial charge on any atom is -0.355 e. The number of carbonyl (C=O) groups is 2. The fraction of sp³-hybridized carbons (Fsp3) is 0.231. The molecule has 3 aromatic carbocycles. The highest BCUT2D eigenvalue weighted by atomic mass is 16.2. The molecule has 0 bridgehead atoms. The van der Waals surface area contributed by atoms with Crippen molar-refractivity contribution in [2.45, 2.75) is 13.0 Å². The highest BCUT2D eigenvalue weighted by Crippen LogP contribution is 2.21. The summed E-state index contributed by atoms with van der Waals surface area (Å²) in [6.45, 7) is 1.90. The summed E-state index contributed by atoms with van der Waals surface area (Å²) in [6, 6.07) is 26.9. The molecule has 0 spiro atoms. The third-order valence-electron chi connectivity index (χ3n) is 4.94. The number of carbonyl (C=O) groups excluding carboxylic acids is 2. The summed E-state index contributed by atoms with van der Waals surface area (Å²) in [5.74, 6) is -0.0604. The molecule has 0 aromatic heterocycles. The predicted octanol–water partition coefficient (Wildman–Crippen LogP) is 3.75. The molecule has 160 valence electrons. The van der Waals surface area contributed by atoms with E-state index >= 15 is 0 Å². The maximum atomic E-state index is 13.2. The van der Waals surface area contributed by atoms with Crippen LogP contribution in [0.3, 0.4) is 0 Å². The average molecular weight is 416 g/mol. The number of nitrogens with one attached hydrogen (secondary N) is 1. The molecule has 0 saturated heterocycles. The van der Waals surface area contributed by atoms with Gasteiger partial charge in [0, 0.05) is 24.3 Å². The zero-order valence-electron chi connectivity index (χ0n) is 18.1. The summed E-state index contributed by atoms with van der Waals surface area (Å²) >= 11 is 0. The Hall–Kier alpha value is -3.44. The SMILES string of the molecule is CN(C)CCNC(=O)Cc1ccc(N(Cc2ccccc2)C(=O)c2ccccc2)cc1. The fourth-order valence-corrected chi connectivity index (χ4v) is 3.24. The number of rotatable bonds is 9. The lowest BCUT2D eigenvalue weighted by Crippen LogP contribution is -2.32. The zero-order chi connectivity index (χ0) is 22.1. The number of benzene rings is 3. The van der Waals surface area contributed by atoms with E-state index < -0.39 is 0 Å². The van der Waals surface area contributed by atoms with Crippen LogP contribution < -0.4 is 10.2 Å². The molecular formula is C26H29N3O2. The van der Waals surface area contributed by atoms with Crippen molar-refractivity contribution in [3.05, 3.63) is 102 Å². The first-order valence-electron chi connectivity index (χ1n) is 10.4. The van der Waals surface area contributed by atoms with Gasteiger partial charge in [-0.3, -0.25) is 9.59 Å². The zero-order valence-corrected chi connectivity index (χ0v) is 18.1. The average Bonchev–Trinajstić information content (AvgIpc) is 2.79. The Morgan fingerprint density at radius 2 is 1.39 bits per heavy atom. The summed E-state index contributed by atoms with van der Waals surface area (Å²) in [7, 11) is 3.95. The Morgan fingerprint density at radius 1 is 0.774 bits per heavy atom. The predicted molar refractivity (Wildman–Crippen MR) is 125 cm³/mol. The monoisotopic (exact) mass is 415 g/mol. The number of hydrogen-bond donors (Lipinski definition) is 1. The van der Waals surface area contributed by atoms with Crippen molar-refractivity contribution in [2.75, 3.05) is 32.1 Å². The van der Waals surface area contributed by atoms with E-state index in [4.69, 9.17) is 0 Å². The molecule has 0 saturated carbocycles. The summed E-state index contributed by atoms with van der Waals surface area (Å²) in [5.41, 5.74) is 3.41. The maximum Gasteiger partial charge on any atom is 0.258 e. The Labute approximate surface area is 184 Å². The highest BCUT2D eigenvalue weighted by Gasteiger charge is 2.18. The van der Waals surface area contributed by atoms with Gasteiger partial charge in [-0.25, -0.2) is 0 Å². The van der Waals surface area contributed by atoms with Gasteiger partial charge in [0.05, 0.1) is 13.0 Å². The van der Waals surface area contributed by atoms with Crippen molar-refractivity contribution in [1.29, 1.82) is 0 Å². The number of amides is 2. The Bertz CT molecular complexity index is 971. The first-order valence-corrected chi connectivity index (χ1v) is 10.4. The third kappa shape index (κ3) is 6.79. The quantitative estimate of drug-likeness (QED) is 0.579. The second kappa shape index (κ2) is 11.1. The minimum absolute atomic E-state index is 0.00361. The second-order valence-corrected chi connectivity index (χ2v) is 7.74. The molecule has 2 amide bonds. The minimum atomic E-state index is -0.0568. The van der Waals surface area contributed by atoms with Gasteiger partial charge in [-0.05, 0) is 49.5 Å². The van der Waals surface area contributed by atoms with Crippen LogP contribution in [0.4, 0.5) is 5.69 Å². The van der Waals surface area contributed by atoms with Gasteiger partial charge in [0.2, 0.25) is 5.91 Å². The normalized spacial score (nSPS) is 10.7. The fourth-order valence-electron chi connectivity index (χ4n) is 3.24. The van der Waals surface area contributed by atoms with Crippen LogP contribution in [0.25, 0.3) is 0 Å². The van der Waals surface area contributed by atoms with Crippen LogP contribution in [0.5, 0.6) is 0 Å². The van der Waals surface area contributed by atoms with Crippen molar-refractivity contribution in [1.82, 2.24) is 10.2 Å². The van der Waals surface area contributed by atoms with Gasteiger partial charge in [-0.15, -0.1) is 0 Å². The van der Waals surface area contributed by atoms with Gasteiger partial charge in [0.1, 0.15) is 0 Å². The van der Waals surface area contributed by atoms with E-state index in [1.165, 1.54) is 0 Å². The number of hydrogen-bond acceptors (Lipinski definition) is 3. The van der Waals surface area contributed by atoms with Crippen molar-refractivity contribution in [3.63, 3.8) is 0 Å². The maximum absolute atomic E-state index is 13.2. The lowest BCUT2D eigenvalue weighted by molar-refractivity contribution is -0.120. The molecule has 0 aliphatic heterocycles. The van der Waals surface area contributed by atoms with E-state index in [-0.39, 0.29) is 11.8 Å². The summed E-state index contributed by atoms with van der Waals surface area (Å²) in [4.78, 5) is 29.2. The standard InChI is InChI=1S/C26H29N3O2/c1-28(2)18-17-27-25(30)19-21-13-15-24(16-14-21)29(20-22-9-5-3-6-10-22)26(31)23-11-7-4-8-12-23/h3-16H,17-20H2,1-2H3,(H,27,30). The van der Waals surface area contributed by atoms with Gasteiger partial charge in [0.25, 0.3) is 5.91 Å². The van der Waals surface area contributed by atoms with Crippen molar-refractivity contribution < 1.29 is 9.59 Å². The molecule has 5 nitrogen and oxygen atoms in total. The van der Waals surface area contributed by atoms with Crippen LogP contribution in [0.2, 0.25) is 0 Å². The summed E-state index contributed by atoms with van der Waals surface area (Å²) in [5, 5.41) is 2.93. The molecule has 0 aliphatic rings. The second-order valence-electron chi connectivity index (χ2n) is 7.74. The molecule has 0 aliphatic carbocycles. The summed E-state index contributed by atoms with van der Waals surface area (Å²) < 4.78 is 0. The number of nitrogens with zero attached hydrogens (tertiary/aromatic N) is 2. The van der Waals surface area contributed by atoms with Crippen LogP contribution in [-0.2, 0) is 17.8 Å². The number of likely N-dealkylation sites (N-methyl/N-ethyl adjacent to an activating group) is 1. The van der Waals surface area contributed by atoms with Gasteiger partial charge in [0.15, 0.2) is 0 Å². The van der Waals surface area contributed by atoms with Crippen LogP contribution >= 0.6 is 0 Å². The molecule has 0 heterocycles. The van der Waals surface area contributed by atoms with Crippen LogP contribution in [0, 0.1) is 0 Å². The highest BCUT2D eigenvalue weighted by molar-refractivity contribution is 6.06. The Balaban J connectivity index is 1.74. The van der Waals surface area contributed by atoms with E-state index in [1.54, 1.807) is 4.90 Å². The van der Waals surface area contributed by atoms with Crippen molar-refractivity contribution in [3.8, 4) is 0 Å². The summed E-state index contributed by atoms with van der Waals surface area (Å²) in [6.07, 6.45) is 0.318. The van der Waals surface area contributed by atoms with E-state index in [0.29, 0.717) is 25.1 Å². The molecule has 0 fully saturated rings. The van der Waals surface area contributed by atoms with E-state index in [0.717, 1.165) is 23.4 Å². The Kier molecular flexibility index (Phi) is 7.96. The van der Waals surface area contributed by atoms with E-state index in [9.17, 15) is 9.59 Å². The first-order chi connectivity index (χ1) is 15.0. The topological polar surface area (TPSA) is 52.7 Å². The van der Waals surface area contributed by atoms with E-state index in [2.05, 4.69) is 5.32 Å². The van der Waals surface area contributed by atoms with Gasteiger partial charge < -0.3 is 15.1 Å².